The predicted molar refractivity (Wildman–Crippen MR) is 146 cm³/mol. The molecular weight excluding hydrogens is 540 g/mol. The summed E-state index contributed by atoms with van der Waals surface area (Å²) in [4.78, 5) is 60.4. The van der Waals surface area contributed by atoms with Crippen molar-refractivity contribution in [3.05, 3.63) is 36.1 Å². The van der Waals surface area contributed by atoms with E-state index in [0.717, 1.165) is 0 Å². The fourth-order valence-electron chi connectivity index (χ4n) is 3.90. The second-order valence-electron chi connectivity index (χ2n) is 8.94. The van der Waals surface area contributed by atoms with Gasteiger partial charge >= 0.3 is 24.1 Å². The van der Waals surface area contributed by atoms with Crippen molar-refractivity contribution >= 4 is 51.7 Å². The zero-order chi connectivity index (χ0) is 30.1. The van der Waals surface area contributed by atoms with Crippen LogP contribution >= 0.6 is 0 Å². The molecule has 0 spiro atoms. The topological polar surface area (TPSA) is 212 Å². The number of esters is 2. The molecule has 14 heteroatoms. The van der Waals surface area contributed by atoms with Crippen LogP contribution in [0.15, 0.2) is 34.7 Å². The molecule has 2 aromatic carbocycles. The number of amides is 2. The highest BCUT2D eigenvalue weighted by atomic mass is 16.6. The van der Waals surface area contributed by atoms with Crippen LogP contribution in [0.25, 0.3) is 21.7 Å². The van der Waals surface area contributed by atoms with Gasteiger partial charge in [-0.15, -0.1) is 0 Å². The molecule has 0 unspecified atom stereocenters. The van der Waals surface area contributed by atoms with E-state index in [-0.39, 0.29) is 54.2 Å². The summed E-state index contributed by atoms with van der Waals surface area (Å²) < 4.78 is 26.1. The molecule has 0 bridgehead atoms. The van der Waals surface area contributed by atoms with E-state index >= 15 is 0 Å². The Kier molecular flexibility index (Phi) is 10.6. The lowest BCUT2D eigenvalue weighted by molar-refractivity contribution is -0.143. The van der Waals surface area contributed by atoms with Gasteiger partial charge in [0, 0.05) is 30.8 Å². The number of nitrogens with two attached hydrogens (primary N) is 2. The maximum atomic E-state index is 12.7. The van der Waals surface area contributed by atoms with Gasteiger partial charge in [0.15, 0.2) is 28.6 Å². The number of ether oxygens (including phenoxy) is 4. The van der Waals surface area contributed by atoms with Gasteiger partial charge in [-0.3, -0.25) is 14.4 Å². The fourth-order valence-corrected chi connectivity index (χ4v) is 3.90. The highest BCUT2D eigenvalue weighted by molar-refractivity contribution is 6.12. The molecule has 3 aromatic rings. The standard InChI is InChI=1S/C27H32N4O10/c1-14(32)20-13-17-21(40-27(36)31-12-10-19(29)25(34)38-3)15-7-4-5-8-16(15)22(23(17)39-20)41-26(35)30-11-6-9-18(28)24(33)37-2/h4-5,7-8,13,18-19H,6,9-12,28-29H2,1-3H3,(H,30,35)(H,31,36)/t18-,19-/m0/s1. The van der Waals surface area contributed by atoms with Crippen LogP contribution in [0.3, 0.4) is 0 Å². The molecular formula is C27H32N4O10. The quantitative estimate of drug-likeness (QED) is 0.140. The number of fused-ring (bicyclic) bond motifs is 2. The van der Waals surface area contributed by atoms with Crippen molar-refractivity contribution in [1.29, 1.82) is 0 Å². The van der Waals surface area contributed by atoms with Crippen LogP contribution in [-0.4, -0.2) is 69.3 Å². The monoisotopic (exact) mass is 572 g/mol. The maximum Gasteiger partial charge on any atom is 0.412 e. The lowest BCUT2D eigenvalue weighted by Crippen LogP contribution is -2.37. The van der Waals surface area contributed by atoms with Crippen molar-refractivity contribution in [2.45, 2.75) is 38.3 Å². The number of methoxy groups -OCH3 is 2. The Bertz CT molecular complexity index is 1450. The van der Waals surface area contributed by atoms with Crippen LogP contribution in [0, 0.1) is 0 Å². The molecule has 0 saturated carbocycles. The first kappa shape index (κ1) is 30.8. The van der Waals surface area contributed by atoms with Crippen molar-refractivity contribution in [3.63, 3.8) is 0 Å². The number of ketones is 1. The number of hydrogen-bond acceptors (Lipinski definition) is 12. The predicted octanol–water partition coefficient (Wildman–Crippen LogP) is 2.14. The highest BCUT2D eigenvalue weighted by Gasteiger charge is 2.25. The average molecular weight is 573 g/mol. The third kappa shape index (κ3) is 7.70. The van der Waals surface area contributed by atoms with Crippen molar-refractivity contribution < 1.29 is 47.3 Å². The smallest absolute Gasteiger partial charge is 0.412 e. The van der Waals surface area contributed by atoms with Gasteiger partial charge in [-0.1, -0.05) is 24.3 Å². The van der Waals surface area contributed by atoms with Crippen molar-refractivity contribution in [2.75, 3.05) is 27.3 Å². The summed E-state index contributed by atoms with van der Waals surface area (Å²) >= 11 is 0. The molecule has 3 rings (SSSR count). The lowest BCUT2D eigenvalue weighted by Gasteiger charge is -2.15. The van der Waals surface area contributed by atoms with E-state index in [1.807, 2.05) is 0 Å². The minimum absolute atomic E-state index is 0.00340. The minimum Gasteiger partial charge on any atom is -0.468 e. The molecule has 0 aliphatic carbocycles. The Hall–Kier alpha value is -4.69. The maximum absolute atomic E-state index is 12.7. The molecule has 1 aromatic heterocycles. The van der Waals surface area contributed by atoms with Crippen LogP contribution < -0.4 is 31.6 Å². The summed E-state index contributed by atoms with van der Waals surface area (Å²) in [6, 6.07) is 6.29. The van der Waals surface area contributed by atoms with Crippen molar-refractivity contribution in [2.24, 2.45) is 11.5 Å². The Balaban J connectivity index is 1.85. The number of carbonyl (C=O) groups is 5. The van der Waals surface area contributed by atoms with Gasteiger partial charge in [-0.2, -0.15) is 0 Å². The highest BCUT2D eigenvalue weighted by Crippen LogP contribution is 2.44. The summed E-state index contributed by atoms with van der Waals surface area (Å²) in [5.74, 6) is -1.56. The molecule has 0 fully saturated rings. The molecule has 2 amide bonds. The lowest BCUT2D eigenvalue weighted by atomic mass is 10.1. The van der Waals surface area contributed by atoms with Gasteiger partial charge < -0.3 is 45.5 Å². The van der Waals surface area contributed by atoms with Gasteiger partial charge in [-0.05, 0) is 25.3 Å². The Morgan fingerprint density at radius 2 is 1.34 bits per heavy atom. The second-order valence-corrected chi connectivity index (χ2v) is 8.94. The summed E-state index contributed by atoms with van der Waals surface area (Å²) in [6.07, 6.45) is -0.909. The summed E-state index contributed by atoms with van der Waals surface area (Å²) in [5, 5.41) is 6.06. The molecule has 2 atom stereocenters. The Morgan fingerprint density at radius 3 is 1.93 bits per heavy atom. The molecule has 220 valence electrons. The summed E-state index contributed by atoms with van der Waals surface area (Å²) in [5.41, 5.74) is 11.4. The fraction of sp³-hybridized carbons (Fsp3) is 0.370. The molecule has 0 saturated heterocycles. The average Bonchev–Trinajstić information content (AvgIpc) is 3.41. The van der Waals surface area contributed by atoms with Crippen LogP contribution in [0.4, 0.5) is 9.59 Å². The molecule has 41 heavy (non-hydrogen) atoms. The molecule has 0 aliphatic rings. The number of rotatable bonds is 12. The summed E-state index contributed by atoms with van der Waals surface area (Å²) in [7, 11) is 2.45. The third-order valence-electron chi connectivity index (χ3n) is 6.03. The van der Waals surface area contributed by atoms with Gasteiger partial charge in [0.05, 0.1) is 19.6 Å². The molecule has 14 nitrogen and oxygen atoms in total. The first-order valence-electron chi connectivity index (χ1n) is 12.6. The van der Waals surface area contributed by atoms with E-state index in [1.54, 1.807) is 24.3 Å². The molecule has 0 radical (unpaired) electrons. The van der Waals surface area contributed by atoms with E-state index in [4.69, 9.17) is 25.4 Å². The van der Waals surface area contributed by atoms with Gasteiger partial charge in [-0.25, -0.2) is 9.59 Å². The second kappa shape index (κ2) is 14.1. The number of hydrogen-bond donors (Lipinski definition) is 4. The van der Waals surface area contributed by atoms with Crippen LogP contribution in [0.2, 0.25) is 0 Å². The van der Waals surface area contributed by atoms with Crippen LogP contribution in [0.5, 0.6) is 11.5 Å². The Morgan fingerprint density at radius 1 is 0.805 bits per heavy atom. The minimum atomic E-state index is -0.924. The normalized spacial score (nSPS) is 12.3. The SMILES string of the molecule is COC(=O)[C@@H](N)CCCNC(=O)Oc1c2ccccc2c(OC(=O)NCC[C@H](N)C(=O)OC)c2cc(C(C)=O)oc12. The molecule has 1 heterocycles. The van der Waals surface area contributed by atoms with E-state index in [2.05, 4.69) is 20.1 Å². The number of furan rings is 1. The number of Topliss-reactive ketones (excluding diaryl/α,β-unsaturated/α-hetero) is 1. The first-order chi connectivity index (χ1) is 19.6. The number of carbonyl (C=O) groups excluding carboxylic acids is 5. The van der Waals surface area contributed by atoms with Crippen molar-refractivity contribution in [3.8, 4) is 11.5 Å². The molecule has 0 aliphatic heterocycles. The van der Waals surface area contributed by atoms with Crippen molar-refractivity contribution in [1.82, 2.24) is 10.6 Å². The van der Waals surface area contributed by atoms with Crippen LogP contribution in [-0.2, 0) is 19.1 Å². The largest absolute Gasteiger partial charge is 0.468 e. The van der Waals surface area contributed by atoms with Gasteiger partial charge in [0.1, 0.15) is 12.1 Å². The van der Waals surface area contributed by atoms with Gasteiger partial charge in [0.2, 0.25) is 0 Å². The van der Waals surface area contributed by atoms with Gasteiger partial charge in [0.25, 0.3) is 0 Å². The zero-order valence-electron chi connectivity index (χ0n) is 22.8. The molecule has 6 N–H and O–H groups in total. The van der Waals surface area contributed by atoms with E-state index in [1.165, 1.54) is 27.2 Å². The van der Waals surface area contributed by atoms with E-state index in [0.29, 0.717) is 17.2 Å². The first-order valence-corrected chi connectivity index (χ1v) is 12.6. The van der Waals surface area contributed by atoms with Crippen LogP contribution in [0.1, 0.15) is 36.7 Å². The zero-order valence-corrected chi connectivity index (χ0v) is 22.8. The number of nitrogens with one attached hydrogen (secondary N) is 2. The number of benzene rings is 2. The summed E-state index contributed by atoms with van der Waals surface area (Å²) in [6.45, 7) is 1.47. The van der Waals surface area contributed by atoms with E-state index < -0.39 is 42.0 Å². The third-order valence-corrected chi connectivity index (χ3v) is 6.03. The van der Waals surface area contributed by atoms with E-state index in [9.17, 15) is 24.0 Å². The Labute approximate surface area is 234 Å².